The molecule has 0 heterocycles. The van der Waals surface area contributed by atoms with Crippen LogP contribution < -0.4 is 0 Å². The van der Waals surface area contributed by atoms with E-state index in [-0.39, 0.29) is 11.9 Å². The second kappa shape index (κ2) is 16.3. The van der Waals surface area contributed by atoms with Crippen LogP contribution in [0.4, 0.5) is 0 Å². The first kappa shape index (κ1) is 26.4. The zero-order chi connectivity index (χ0) is 22.1. The first-order valence-corrected chi connectivity index (χ1v) is 9.70. The summed E-state index contributed by atoms with van der Waals surface area (Å²) >= 11 is 0. The lowest BCUT2D eigenvalue weighted by molar-refractivity contribution is -0.139. The molecule has 0 aromatic rings. The highest BCUT2D eigenvalue weighted by molar-refractivity contribution is 5.87. The number of carbonyl (C=O) groups excluding carboxylic acids is 2. The Hall–Kier alpha value is -2.64. The van der Waals surface area contributed by atoms with Gasteiger partial charge in [0, 0.05) is 17.6 Å². The Morgan fingerprint density at radius 2 is 1.03 bits per heavy atom. The summed E-state index contributed by atoms with van der Waals surface area (Å²) in [5.41, 5.74) is 2.45. The van der Waals surface area contributed by atoms with Crippen LogP contribution in [0.25, 0.3) is 0 Å². The Kier molecular flexibility index (Phi) is 14.8. The van der Waals surface area contributed by atoms with E-state index in [0.29, 0.717) is 69.7 Å². The van der Waals surface area contributed by atoms with E-state index < -0.39 is 0 Å². The highest BCUT2D eigenvalue weighted by atomic mass is 16.6. The van der Waals surface area contributed by atoms with Crippen LogP contribution in [0.3, 0.4) is 0 Å². The monoisotopic (exact) mass is 410 g/mol. The molecule has 0 rings (SSSR count). The molecule has 0 aliphatic rings. The van der Waals surface area contributed by atoms with E-state index in [9.17, 15) is 9.59 Å². The van der Waals surface area contributed by atoms with Crippen molar-refractivity contribution in [2.75, 3.05) is 26.4 Å². The third kappa shape index (κ3) is 16.1. The smallest absolute Gasteiger partial charge is 0.333 e. The van der Waals surface area contributed by atoms with Gasteiger partial charge in [-0.15, -0.1) is 0 Å². The van der Waals surface area contributed by atoms with Gasteiger partial charge in [-0.25, -0.2) is 9.59 Å². The number of hydrogen-bond donors (Lipinski definition) is 0. The molecular formula is C21H34N2O6. The molecule has 0 fully saturated rings. The maximum Gasteiger partial charge on any atom is 0.333 e. The largest absolute Gasteiger partial charge is 0.462 e. The summed E-state index contributed by atoms with van der Waals surface area (Å²) in [7, 11) is 0. The normalized spacial score (nSPS) is 11.6. The predicted molar refractivity (Wildman–Crippen MR) is 113 cm³/mol. The number of ether oxygens (including phenoxy) is 2. The molecule has 0 aromatic heterocycles. The molecule has 0 amide bonds. The van der Waals surface area contributed by atoms with Gasteiger partial charge < -0.3 is 19.1 Å². The zero-order valence-electron chi connectivity index (χ0n) is 18.1. The highest BCUT2D eigenvalue weighted by Crippen LogP contribution is 2.00. The molecule has 164 valence electrons. The summed E-state index contributed by atoms with van der Waals surface area (Å²) in [6.07, 6.45) is 3.39. The standard InChI is InChI=1S/C21H34N2O6/c1-16(2)20(24)26-12-7-10-18(5)22-28-14-9-15-29-23-19(6)11-8-13-27-21(25)17(3)4/h1,3,7-15H2,2,4-6H3/b22-18+,23-19+. The maximum absolute atomic E-state index is 11.2. The molecule has 8 nitrogen and oxygen atoms in total. The van der Waals surface area contributed by atoms with Crippen LogP contribution in [0.1, 0.15) is 59.8 Å². The molecule has 0 N–H and O–H groups in total. The first-order valence-electron chi connectivity index (χ1n) is 9.70. The van der Waals surface area contributed by atoms with Gasteiger partial charge in [-0.2, -0.15) is 0 Å². The number of rotatable bonds is 16. The van der Waals surface area contributed by atoms with Gasteiger partial charge in [-0.05, 0) is 53.4 Å². The van der Waals surface area contributed by atoms with E-state index in [2.05, 4.69) is 23.5 Å². The van der Waals surface area contributed by atoms with Gasteiger partial charge >= 0.3 is 11.9 Å². The van der Waals surface area contributed by atoms with Crippen LogP contribution in [0, 0.1) is 0 Å². The Morgan fingerprint density at radius 3 is 1.38 bits per heavy atom. The van der Waals surface area contributed by atoms with Crippen LogP contribution in [0.5, 0.6) is 0 Å². The van der Waals surface area contributed by atoms with Crippen molar-refractivity contribution in [1.82, 2.24) is 0 Å². The second-order valence-electron chi connectivity index (χ2n) is 6.71. The Labute approximate surface area is 173 Å². The highest BCUT2D eigenvalue weighted by Gasteiger charge is 2.03. The molecule has 0 aliphatic heterocycles. The topological polar surface area (TPSA) is 95.8 Å². The van der Waals surface area contributed by atoms with Crippen molar-refractivity contribution >= 4 is 23.4 Å². The van der Waals surface area contributed by atoms with Gasteiger partial charge in [0.25, 0.3) is 0 Å². The van der Waals surface area contributed by atoms with Crippen molar-refractivity contribution in [2.45, 2.75) is 59.8 Å². The average Bonchev–Trinajstić information content (AvgIpc) is 2.67. The van der Waals surface area contributed by atoms with Crippen LogP contribution in [0.2, 0.25) is 0 Å². The molecule has 29 heavy (non-hydrogen) atoms. The molecule has 0 bridgehead atoms. The van der Waals surface area contributed by atoms with Gasteiger partial charge in [0.2, 0.25) is 0 Å². The molecule has 0 aliphatic carbocycles. The minimum atomic E-state index is -0.375. The van der Waals surface area contributed by atoms with E-state index in [1.54, 1.807) is 13.8 Å². The third-order valence-corrected chi connectivity index (χ3v) is 3.44. The fourth-order valence-corrected chi connectivity index (χ4v) is 1.82. The van der Waals surface area contributed by atoms with Crippen molar-refractivity contribution < 1.29 is 28.7 Å². The number of nitrogens with zero attached hydrogens (tertiary/aromatic N) is 2. The van der Waals surface area contributed by atoms with E-state index in [1.807, 2.05) is 13.8 Å². The summed E-state index contributed by atoms with van der Waals surface area (Å²) in [6.45, 7) is 15.5. The van der Waals surface area contributed by atoms with Crippen molar-refractivity contribution in [3.8, 4) is 0 Å². The number of esters is 2. The number of carbonyl (C=O) groups is 2. The molecule has 8 heteroatoms. The summed E-state index contributed by atoms with van der Waals surface area (Å²) in [5.74, 6) is -0.750. The van der Waals surface area contributed by atoms with E-state index in [4.69, 9.17) is 19.1 Å². The predicted octanol–water partition coefficient (Wildman–Crippen LogP) is 3.96. The molecule has 0 atom stereocenters. The Morgan fingerprint density at radius 1 is 0.655 bits per heavy atom. The third-order valence-electron chi connectivity index (χ3n) is 3.44. The lowest BCUT2D eigenvalue weighted by Gasteiger charge is -2.05. The van der Waals surface area contributed by atoms with Crippen molar-refractivity contribution in [3.63, 3.8) is 0 Å². The van der Waals surface area contributed by atoms with Crippen molar-refractivity contribution in [1.29, 1.82) is 0 Å². The van der Waals surface area contributed by atoms with Gasteiger partial charge in [0.15, 0.2) is 0 Å². The molecular weight excluding hydrogens is 376 g/mol. The lowest BCUT2D eigenvalue weighted by atomic mass is 10.2. The molecule has 0 radical (unpaired) electrons. The van der Waals surface area contributed by atoms with E-state index in [1.165, 1.54) is 0 Å². The van der Waals surface area contributed by atoms with Crippen LogP contribution in [-0.2, 0) is 28.7 Å². The molecule has 0 spiro atoms. The zero-order valence-corrected chi connectivity index (χ0v) is 18.1. The molecule has 0 saturated heterocycles. The molecule has 0 unspecified atom stereocenters. The Balaban J connectivity index is 3.66. The van der Waals surface area contributed by atoms with E-state index in [0.717, 1.165) is 11.4 Å². The number of hydrogen-bond acceptors (Lipinski definition) is 8. The second-order valence-corrected chi connectivity index (χ2v) is 6.71. The maximum atomic E-state index is 11.2. The van der Waals surface area contributed by atoms with Crippen molar-refractivity contribution in [3.05, 3.63) is 24.3 Å². The minimum absolute atomic E-state index is 0.333. The molecule has 0 saturated carbocycles. The quantitative estimate of drug-likeness (QED) is 0.126. The summed E-state index contributed by atoms with van der Waals surface area (Å²) in [4.78, 5) is 32.9. The summed E-state index contributed by atoms with van der Waals surface area (Å²) in [5, 5.41) is 8.01. The summed E-state index contributed by atoms with van der Waals surface area (Å²) < 4.78 is 10.0. The van der Waals surface area contributed by atoms with Gasteiger partial charge in [-0.3, -0.25) is 0 Å². The van der Waals surface area contributed by atoms with Crippen LogP contribution >= 0.6 is 0 Å². The van der Waals surface area contributed by atoms with Gasteiger partial charge in [0.05, 0.1) is 24.6 Å². The van der Waals surface area contributed by atoms with Crippen LogP contribution in [-0.4, -0.2) is 49.8 Å². The van der Waals surface area contributed by atoms with Gasteiger partial charge in [-0.1, -0.05) is 23.5 Å². The number of oxime groups is 2. The fraction of sp³-hybridized carbons (Fsp3) is 0.619. The minimum Gasteiger partial charge on any atom is -0.462 e. The van der Waals surface area contributed by atoms with Crippen LogP contribution in [0.15, 0.2) is 34.6 Å². The Bertz CT molecular complexity index is 558. The molecule has 0 aromatic carbocycles. The lowest BCUT2D eigenvalue weighted by Crippen LogP contribution is -2.07. The first-order chi connectivity index (χ1) is 13.7. The van der Waals surface area contributed by atoms with E-state index >= 15 is 0 Å². The fourth-order valence-electron chi connectivity index (χ4n) is 1.82. The van der Waals surface area contributed by atoms with Crippen molar-refractivity contribution in [2.24, 2.45) is 10.3 Å². The summed E-state index contributed by atoms with van der Waals surface area (Å²) in [6, 6.07) is 0. The average molecular weight is 411 g/mol. The van der Waals surface area contributed by atoms with Gasteiger partial charge in [0.1, 0.15) is 13.2 Å². The SMILES string of the molecule is C=C(C)C(=O)OCCC/C(C)=N/OCCCO/N=C(\C)CCCOC(=O)C(=C)C.